The Hall–Kier alpha value is -3.48. The number of halogens is 3. The maximum absolute atomic E-state index is 12.7. The van der Waals surface area contributed by atoms with E-state index in [-0.39, 0.29) is 36.5 Å². The predicted molar refractivity (Wildman–Crippen MR) is 126 cm³/mol. The molecule has 0 aliphatic carbocycles. The van der Waals surface area contributed by atoms with Gasteiger partial charge in [0.25, 0.3) is 5.56 Å². The Morgan fingerprint density at radius 2 is 1.86 bits per heavy atom. The number of carbonyl (C=O) groups is 1. The van der Waals surface area contributed by atoms with Crippen molar-refractivity contribution in [1.82, 2.24) is 29.6 Å². The fraction of sp³-hybridized carbons (Fsp3) is 0.522. The van der Waals surface area contributed by atoms with E-state index in [2.05, 4.69) is 20.2 Å². The third-order valence-corrected chi connectivity index (χ3v) is 6.36. The average Bonchev–Trinajstić information content (AvgIpc) is 3.21. The molecule has 0 aromatic carbocycles. The Balaban J connectivity index is 1.24. The molecule has 0 spiro atoms. The number of amides is 1. The lowest BCUT2D eigenvalue weighted by atomic mass is 10.2. The van der Waals surface area contributed by atoms with Gasteiger partial charge in [-0.1, -0.05) is 6.92 Å². The molecule has 3 aromatic rings. The van der Waals surface area contributed by atoms with E-state index in [1.807, 2.05) is 24.6 Å². The zero-order valence-corrected chi connectivity index (χ0v) is 20.1. The van der Waals surface area contributed by atoms with Gasteiger partial charge in [0.1, 0.15) is 0 Å². The highest BCUT2D eigenvalue weighted by atomic mass is 19.4. The molecule has 13 heteroatoms. The van der Waals surface area contributed by atoms with Gasteiger partial charge >= 0.3 is 6.18 Å². The van der Waals surface area contributed by atoms with Crippen LogP contribution in [0, 0.1) is 6.92 Å². The zero-order valence-electron chi connectivity index (χ0n) is 20.1. The van der Waals surface area contributed by atoms with Crippen LogP contribution in [0.1, 0.15) is 36.9 Å². The third-order valence-electron chi connectivity index (χ3n) is 6.36. The number of piperazine rings is 1. The van der Waals surface area contributed by atoms with Crippen molar-refractivity contribution in [1.29, 1.82) is 0 Å². The number of aromatic nitrogens is 5. The van der Waals surface area contributed by atoms with Crippen molar-refractivity contribution in [3.8, 4) is 0 Å². The normalized spacial score (nSPS) is 15.5. The Morgan fingerprint density at radius 1 is 1.17 bits per heavy atom. The minimum atomic E-state index is -4.48. The van der Waals surface area contributed by atoms with Gasteiger partial charge in [-0.05, 0) is 18.9 Å². The highest BCUT2D eigenvalue weighted by Gasteiger charge is 2.32. The summed E-state index contributed by atoms with van der Waals surface area (Å²) in [6.45, 7) is 6.28. The summed E-state index contributed by atoms with van der Waals surface area (Å²) in [5.74, 6) is 0.169. The summed E-state index contributed by atoms with van der Waals surface area (Å²) >= 11 is 0. The molecule has 1 aliphatic heterocycles. The van der Waals surface area contributed by atoms with Crippen LogP contribution in [0.4, 0.5) is 19.1 Å². The number of nitrogens with zero attached hydrogens (tertiary/aromatic N) is 6. The van der Waals surface area contributed by atoms with E-state index in [1.54, 1.807) is 16.0 Å². The molecule has 1 saturated heterocycles. The minimum Gasteiger partial charge on any atom is -0.379 e. The van der Waals surface area contributed by atoms with Gasteiger partial charge in [-0.3, -0.25) is 9.59 Å². The van der Waals surface area contributed by atoms with Gasteiger partial charge in [0, 0.05) is 44.8 Å². The fourth-order valence-corrected chi connectivity index (χ4v) is 4.33. The van der Waals surface area contributed by atoms with E-state index in [4.69, 9.17) is 4.74 Å². The summed E-state index contributed by atoms with van der Waals surface area (Å²) in [7, 11) is 0. The smallest absolute Gasteiger partial charge is 0.379 e. The van der Waals surface area contributed by atoms with Gasteiger partial charge in [-0.2, -0.15) is 18.3 Å². The Kier molecular flexibility index (Phi) is 7.57. The molecular weight excluding hydrogens is 479 g/mol. The number of anilines is 1. The van der Waals surface area contributed by atoms with Crippen LogP contribution in [0.25, 0.3) is 10.9 Å². The molecule has 10 nitrogen and oxygen atoms in total. The second-order valence-corrected chi connectivity index (χ2v) is 8.70. The van der Waals surface area contributed by atoms with E-state index in [0.717, 1.165) is 29.9 Å². The van der Waals surface area contributed by atoms with Crippen LogP contribution in [0.15, 0.2) is 29.6 Å². The molecule has 4 rings (SSSR count). The topological polar surface area (TPSA) is 109 Å². The van der Waals surface area contributed by atoms with Crippen molar-refractivity contribution in [3.63, 3.8) is 0 Å². The molecule has 1 aliphatic rings. The lowest BCUT2D eigenvalue weighted by molar-refractivity contribution is -0.138. The quantitative estimate of drug-likeness (QED) is 0.467. The van der Waals surface area contributed by atoms with E-state index < -0.39 is 11.7 Å². The Morgan fingerprint density at radius 3 is 2.50 bits per heavy atom. The molecule has 1 N–H and O–H groups in total. The first kappa shape index (κ1) is 25.6. The molecule has 1 fully saturated rings. The van der Waals surface area contributed by atoms with Crippen molar-refractivity contribution < 1.29 is 22.7 Å². The molecule has 194 valence electrons. The summed E-state index contributed by atoms with van der Waals surface area (Å²) < 4.78 is 45.9. The summed E-state index contributed by atoms with van der Waals surface area (Å²) in [6, 6.07) is -0.00724. The van der Waals surface area contributed by atoms with Crippen LogP contribution in [-0.2, 0) is 15.7 Å². The van der Waals surface area contributed by atoms with E-state index in [1.165, 1.54) is 0 Å². The molecular formula is C23H28F3N7O3. The van der Waals surface area contributed by atoms with E-state index in [0.29, 0.717) is 38.2 Å². The van der Waals surface area contributed by atoms with Crippen LogP contribution in [0.2, 0.25) is 0 Å². The number of rotatable bonds is 8. The first-order chi connectivity index (χ1) is 17.2. The number of hydrogen-bond acceptors (Lipinski definition) is 7. The summed E-state index contributed by atoms with van der Waals surface area (Å²) in [5, 5.41) is 6.98. The van der Waals surface area contributed by atoms with Gasteiger partial charge in [0.05, 0.1) is 48.3 Å². The molecule has 0 saturated carbocycles. The Bertz CT molecular complexity index is 1250. The Labute approximate surface area is 205 Å². The monoisotopic (exact) mass is 507 g/mol. The number of H-pyrrole nitrogens is 1. The summed E-state index contributed by atoms with van der Waals surface area (Å²) in [4.78, 5) is 35.8. The van der Waals surface area contributed by atoms with Gasteiger partial charge in [0.2, 0.25) is 11.9 Å². The molecule has 3 aromatic heterocycles. The van der Waals surface area contributed by atoms with Crippen molar-refractivity contribution in [2.45, 2.75) is 38.9 Å². The number of fused-ring (bicyclic) bond motifs is 1. The fourth-order valence-electron chi connectivity index (χ4n) is 4.33. The molecule has 1 amide bonds. The lowest BCUT2D eigenvalue weighted by Gasteiger charge is -2.34. The van der Waals surface area contributed by atoms with Gasteiger partial charge < -0.3 is 19.1 Å². The molecule has 36 heavy (non-hydrogen) atoms. The molecule has 1 unspecified atom stereocenters. The minimum absolute atomic E-state index is 0.00724. The van der Waals surface area contributed by atoms with Crippen molar-refractivity contribution >= 4 is 22.8 Å². The second kappa shape index (κ2) is 10.6. The third kappa shape index (κ3) is 5.50. The van der Waals surface area contributed by atoms with Gasteiger partial charge in [-0.25, -0.2) is 15.1 Å². The number of alkyl halides is 3. The zero-order chi connectivity index (χ0) is 25.9. The lowest BCUT2D eigenvalue weighted by Crippen LogP contribution is -2.49. The van der Waals surface area contributed by atoms with Crippen LogP contribution in [0.3, 0.4) is 0 Å². The van der Waals surface area contributed by atoms with Crippen LogP contribution in [-0.4, -0.2) is 74.9 Å². The number of carbonyl (C=O) groups excluding carboxylic acids is 1. The predicted octanol–water partition coefficient (Wildman–Crippen LogP) is 2.55. The molecule has 0 radical (unpaired) electrons. The second-order valence-electron chi connectivity index (χ2n) is 8.70. The molecule has 1 atom stereocenters. The maximum Gasteiger partial charge on any atom is 0.419 e. The van der Waals surface area contributed by atoms with Crippen molar-refractivity contribution in [2.75, 3.05) is 44.3 Å². The van der Waals surface area contributed by atoms with Crippen LogP contribution < -0.4 is 10.5 Å². The highest BCUT2D eigenvalue weighted by molar-refractivity contribution is 5.82. The van der Waals surface area contributed by atoms with Gasteiger partial charge in [0.15, 0.2) is 0 Å². The van der Waals surface area contributed by atoms with Crippen molar-refractivity contribution in [2.24, 2.45) is 0 Å². The van der Waals surface area contributed by atoms with Crippen LogP contribution in [0.5, 0.6) is 0 Å². The van der Waals surface area contributed by atoms with Crippen molar-refractivity contribution in [3.05, 3.63) is 46.3 Å². The molecule has 0 bridgehead atoms. The summed E-state index contributed by atoms with van der Waals surface area (Å²) in [6.07, 6.45) is 1.61. The largest absolute Gasteiger partial charge is 0.419 e. The first-order valence-electron chi connectivity index (χ1n) is 11.7. The van der Waals surface area contributed by atoms with E-state index >= 15 is 0 Å². The maximum atomic E-state index is 12.7. The first-order valence-corrected chi connectivity index (χ1v) is 11.7. The van der Waals surface area contributed by atoms with Gasteiger partial charge in [-0.15, -0.1) is 0 Å². The van der Waals surface area contributed by atoms with E-state index in [9.17, 15) is 22.8 Å². The number of aryl methyl sites for hydroxylation is 1. The number of hydrogen-bond donors (Lipinski definition) is 1. The standard InChI is InChI=1S/C23H28F3N7O3/c1-3-17(33-13-15(2)20-18(33)12-29-30-21(20)35)14-36-9-4-19(34)31-5-7-32(8-6-31)22-27-10-16(11-28-22)23(24,25)26/h10-13,17H,3-9,14H2,1-2H3,(H,30,35). The number of ether oxygens (including phenoxy) is 1. The average molecular weight is 508 g/mol. The van der Waals surface area contributed by atoms with Crippen LogP contribution >= 0.6 is 0 Å². The number of aromatic amines is 1. The highest BCUT2D eigenvalue weighted by Crippen LogP contribution is 2.28. The summed E-state index contributed by atoms with van der Waals surface area (Å²) in [5.41, 5.74) is 0.492. The SMILES string of the molecule is CCC(COCCC(=O)N1CCN(c2ncc(C(F)(F)F)cn2)CC1)n1cc(C)c2c(=O)[nH]ncc21. The molecule has 4 heterocycles. The number of nitrogens with one attached hydrogen (secondary N) is 1.